The van der Waals surface area contributed by atoms with Gasteiger partial charge in [0.1, 0.15) is 11.7 Å². The van der Waals surface area contributed by atoms with Gasteiger partial charge in [-0.2, -0.15) is 0 Å². The predicted molar refractivity (Wildman–Crippen MR) is 132 cm³/mol. The smallest absolute Gasteiger partial charge is 0.315 e. The van der Waals surface area contributed by atoms with Crippen LogP contribution >= 0.6 is 15.9 Å². The minimum atomic E-state index is -0.649. The molecule has 2 aromatic rings. The van der Waals surface area contributed by atoms with Crippen molar-refractivity contribution in [3.05, 3.63) is 75.4 Å². The van der Waals surface area contributed by atoms with Gasteiger partial charge in [0, 0.05) is 29.3 Å². The van der Waals surface area contributed by atoms with Crippen LogP contribution in [0.25, 0.3) is 0 Å². The van der Waals surface area contributed by atoms with E-state index >= 15 is 0 Å². The molecule has 1 unspecified atom stereocenters. The average molecular weight is 510 g/mol. The highest BCUT2D eigenvalue weighted by atomic mass is 79.9. The van der Waals surface area contributed by atoms with Crippen LogP contribution in [0.15, 0.2) is 69.3 Å². The number of ketones is 1. The van der Waals surface area contributed by atoms with E-state index in [0.29, 0.717) is 29.9 Å². The van der Waals surface area contributed by atoms with Crippen LogP contribution in [0.5, 0.6) is 5.75 Å². The lowest BCUT2D eigenvalue weighted by molar-refractivity contribution is -0.150. The fraction of sp³-hybridized carbons (Fsp3) is 0.370. The van der Waals surface area contributed by atoms with Crippen molar-refractivity contribution in [3.8, 4) is 5.75 Å². The van der Waals surface area contributed by atoms with Crippen LogP contribution in [-0.2, 0) is 14.3 Å². The highest BCUT2D eigenvalue weighted by molar-refractivity contribution is 9.10. The molecule has 1 aliphatic heterocycles. The van der Waals surface area contributed by atoms with Crippen molar-refractivity contribution >= 4 is 33.4 Å². The lowest BCUT2D eigenvalue weighted by Crippen LogP contribution is -2.38. The number of benzene rings is 2. The van der Waals surface area contributed by atoms with E-state index in [1.807, 2.05) is 57.2 Å². The van der Waals surface area contributed by atoms with Crippen molar-refractivity contribution in [2.45, 2.75) is 51.6 Å². The number of aliphatic imine (C=N–C) groups is 1. The van der Waals surface area contributed by atoms with Gasteiger partial charge in [-0.3, -0.25) is 14.6 Å². The molecular weight excluding hydrogens is 482 g/mol. The molecule has 0 amide bonds. The molecule has 33 heavy (non-hydrogen) atoms. The highest BCUT2D eigenvalue weighted by Gasteiger charge is 2.45. The molecule has 0 saturated heterocycles. The number of carbonyl (C=O) groups is 2. The van der Waals surface area contributed by atoms with E-state index in [1.165, 1.54) is 0 Å². The first kappa shape index (κ1) is 23.4. The number of halogens is 1. The number of allylic oxidation sites excluding steroid dienone is 2. The summed E-state index contributed by atoms with van der Waals surface area (Å²) in [6.45, 7) is 5.51. The van der Waals surface area contributed by atoms with Gasteiger partial charge in [-0.15, -0.1) is 0 Å². The van der Waals surface area contributed by atoms with Crippen LogP contribution in [-0.4, -0.2) is 30.7 Å². The lowest BCUT2D eigenvalue weighted by atomic mass is 9.69. The van der Waals surface area contributed by atoms with Crippen molar-refractivity contribution in [2.24, 2.45) is 10.9 Å². The standard InChI is InChI=1S/C27H28BrNO4/c1-15(2)33-27(31)24-16(3)29-21-13-19(17-8-6-5-7-9-17)14-22(30)26(21)25(24)18-10-11-23(32-4)20(28)12-18/h5-12,15,19,24-25H,13-14H2,1-4H3/t19-,24?,25-/m1/s1. The molecule has 172 valence electrons. The Kier molecular flexibility index (Phi) is 6.84. The number of nitrogens with zero attached hydrogens (tertiary/aromatic N) is 1. The van der Waals surface area contributed by atoms with Crippen LogP contribution in [0.3, 0.4) is 0 Å². The molecule has 3 atom stereocenters. The molecular formula is C27H28BrNO4. The lowest BCUT2D eigenvalue weighted by Gasteiger charge is -2.37. The first-order chi connectivity index (χ1) is 15.8. The number of methoxy groups -OCH3 is 1. The summed E-state index contributed by atoms with van der Waals surface area (Å²) in [5.74, 6) is -0.641. The van der Waals surface area contributed by atoms with Crippen molar-refractivity contribution in [2.75, 3.05) is 7.11 Å². The van der Waals surface area contributed by atoms with Crippen LogP contribution in [0, 0.1) is 5.92 Å². The number of esters is 1. The molecule has 0 fully saturated rings. The average Bonchev–Trinajstić information content (AvgIpc) is 2.78. The SMILES string of the molecule is COc1ccc([C@H]2C3=C(C[C@@H](c4ccccc4)CC3=O)N=C(C)C2C(=O)OC(C)C)cc1Br. The summed E-state index contributed by atoms with van der Waals surface area (Å²) >= 11 is 3.56. The minimum Gasteiger partial charge on any atom is -0.496 e. The monoisotopic (exact) mass is 509 g/mol. The Morgan fingerprint density at radius 2 is 1.82 bits per heavy atom. The van der Waals surface area contributed by atoms with E-state index in [-0.39, 0.29) is 23.8 Å². The van der Waals surface area contributed by atoms with E-state index in [2.05, 4.69) is 28.1 Å². The summed E-state index contributed by atoms with van der Waals surface area (Å²) < 4.78 is 11.8. The van der Waals surface area contributed by atoms with Crippen LogP contribution in [0.2, 0.25) is 0 Å². The van der Waals surface area contributed by atoms with Gasteiger partial charge in [0.25, 0.3) is 0 Å². The zero-order valence-corrected chi connectivity index (χ0v) is 20.9. The van der Waals surface area contributed by atoms with E-state index in [9.17, 15) is 9.59 Å². The van der Waals surface area contributed by atoms with Gasteiger partial charge in [0.15, 0.2) is 5.78 Å². The molecule has 0 radical (unpaired) electrons. The molecule has 2 aromatic carbocycles. The van der Waals surface area contributed by atoms with Crippen LogP contribution in [0.4, 0.5) is 0 Å². The summed E-state index contributed by atoms with van der Waals surface area (Å²) in [5, 5.41) is 0. The first-order valence-electron chi connectivity index (χ1n) is 11.2. The van der Waals surface area contributed by atoms with Gasteiger partial charge >= 0.3 is 5.97 Å². The van der Waals surface area contributed by atoms with E-state index in [4.69, 9.17) is 14.5 Å². The first-order valence-corrected chi connectivity index (χ1v) is 12.0. The Balaban J connectivity index is 1.82. The second-order valence-electron chi connectivity index (χ2n) is 8.89. The normalized spacial score (nSPS) is 22.7. The number of hydrogen-bond acceptors (Lipinski definition) is 5. The summed E-state index contributed by atoms with van der Waals surface area (Å²) in [7, 11) is 1.61. The summed E-state index contributed by atoms with van der Waals surface area (Å²) in [4.78, 5) is 31.6. The van der Waals surface area contributed by atoms with E-state index in [0.717, 1.165) is 21.3 Å². The fourth-order valence-electron chi connectivity index (χ4n) is 4.87. The van der Waals surface area contributed by atoms with Gasteiger partial charge in [0.2, 0.25) is 0 Å². The molecule has 0 aromatic heterocycles. The Morgan fingerprint density at radius 1 is 1.09 bits per heavy atom. The maximum Gasteiger partial charge on any atom is 0.315 e. The minimum absolute atomic E-state index is 0.0423. The number of hydrogen-bond donors (Lipinski definition) is 0. The summed E-state index contributed by atoms with van der Waals surface area (Å²) in [5.41, 5.74) is 4.09. The second-order valence-corrected chi connectivity index (χ2v) is 9.74. The molecule has 5 nitrogen and oxygen atoms in total. The number of carbonyl (C=O) groups excluding carboxylic acids is 2. The molecule has 0 bridgehead atoms. The molecule has 2 aliphatic rings. The summed E-state index contributed by atoms with van der Waals surface area (Å²) in [6.07, 6.45) is 0.813. The fourth-order valence-corrected chi connectivity index (χ4v) is 5.43. The molecule has 1 heterocycles. The van der Waals surface area contributed by atoms with Crippen molar-refractivity contribution in [3.63, 3.8) is 0 Å². The number of Topliss-reactive ketones (excluding diaryl/α,β-unsaturated/α-hetero) is 1. The highest BCUT2D eigenvalue weighted by Crippen LogP contribution is 2.47. The van der Waals surface area contributed by atoms with Crippen molar-refractivity contribution in [1.82, 2.24) is 0 Å². The summed E-state index contributed by atoms with van der Waals surface area (Å²) in [6, 6.07) is 15.8. The maximum atomic E-state index is 13.6. The van der Waals surface area contributed by atoms with Gasteiger partial charge in [-0.1, -0.05) is 36.4 Å². The molecule has 4 rings (SSSR count). The molecule has 0 spiro atoms. The van der Waals surface area contributed by atoms with Gasteiger partial charge in [-0.05, 0) is 72.3 Å². The third kappa shape index (κ3) is 4.67. The van der Waals surface area contributed by atoms with Gasteiger partial charge in [-0.25, -0.2) is 0 Å². The van der Waals surface area contributed by atoms with Gasteiger partial charge in [0.05, 0.1) is 17.7 Å². The largest absolute Gasteiger partial charge is 0.496 e. The molecule has 6 heteroatoms. The number of ether oxygens (including phenoxy) is 2. The Hall–Kier alpha value is -2.73. The predicted octanol–water partition coefficient (Wildman–Crippen LogP) is 5.98. The molecule has 0 N–H and O–H groups in total. The second kappa shape index (κ2) is 9.64. The van der Waals surface area contributed by atoms with E-state index < -0.39 is 11.8 Å². The molecule has 1 aliphatic carbocycles. The Morgan fingerprint density at radius 3 is 2.45 bits per heavy atom. The van der Waals surface area contributed by atoms with Crippen LogP contribution in [0.1, 0.15) is 56.6 Å². The number of rotatable bonds is 5. The zero-order valence-electron chi connectivity index (χ0n) is 19.3. The Bertz CT molecular complexity index is 1140. The van der Waals surface area contributed by atoms with E-state index in [1.54, 1.807) is 7.11 Å². The van der Waals surface area contributed by atoms with Crippen molar-refractivity contribution < 1.29 is 19.1 Å². The maximum absolute atomic E-state index is 13.6. The molecule has 0 saturated carbocycles. The van der Waals surface area contributed by atoms with Crippen molar-refractivity contribution in [1.29, 1.82) is 0 Å². The quantitative estimate of drug-likeness (QED) is 0.464. The third-order valence-electron chi connectivity index (χ3n) is 6.30. The Labute approximate surface area is 203 Å². The topological polar surface area (TPSA) is 65.0 Å². The van der Waals surface area contributed by atoms with Gasteiger partial charge < -0.3 is 9.47 Å². The van der Waals surface area contributed by atoms with Crippen LogP contribution < -0.4 is 4.74 Å². The zero-order chi connectivity index (χ0) is 23.7. The third-order valence-corrected chi connectivity index (χ3v) is 6.92.